The zero-order valence-electron chi connectivity index (χ0n) is 16.4. The number of Topliss-reactive ketones (excluding diaryl/α,β-unsaturated/α-hetero) is 1. The average molecular weight is 392 g/mol. The standard InChI is InChI=1S/C23H24N2O4/c1-14-23(28)25-19-13-18(8-10-21(19)29-14)24-22(27)11-9-20(26)17-7-6-15-4-2-3-5-16(15)12-17/h6-8,10,12-14H,2-5,9,11H2,1H3,(H,24,27)(H,25,28)/t14-/m1/s1. The number of carbonyl (C=O) groups excluding carboxylic acids is 3. The number of amides is 2. The summed E-state index contributed by atoms with van der Waals surface area (Å²) in [4.78, 5) is 36.5. The van der Waals surface area contributed by atoms with Crippen molar-refractivity contribution in [3.63, 3.8) is 0 Å². The SMILES string of the molecule is C[C@H]1Oc2ccc(NC(=O)CCC(=O)c3ccc4c(c3)CCCC4)cc2NC1=O. The van der Waals surface area contributed by atoms with Gasteiger partial charge in [-0.15, -0.1) is 0 Å². The summed E-state index contributed by atoms with van der Waals surface area (Å²) >= 11 is 0. The molecular formula is C23H24N2O4. The summed E-state index contributed by atoms with van der Waals surface area (Å²) < 4.78 is 5.50. The molecule has 0 spiro atoms. The average Bonchev–Trinajstić information content (AvgIpc) is 2.72. The van der Waals surface area contributed by atoms with Crippen LogP contribution in [0.3, 0.4) is 0 Å². The predicted molar refractivity (Wildman–Crippen MR) is 110 cm³/mol. The lowest BCUT2D eigenvalue weighted by atomic mass is 9.89. The summed E-state index contributed by atoms with van der Waals surface area (Å²) in [6.45, 7) is 1.67. The zero-order chi connectivity index (χ0) is 20.4. The third-order valence-corrected chi connectivity index (χ3v) is 5.44. The van der Waals surface area contributed by atoms with Crippen molar-refractivity contribution >= 4 is 29.0 Å². The van der Waals surface area contributed by atoms with Gasteiger partial charge in [0, 0.05) is 24.1 Å². The van der Waals surface area contributed by atoms with Crippen molar-refractivity contribution in [3.8, 4) is 5.75 Å². The van der Waals surface area contributed by atoms with Crippen LogP contribution in [0.2, 0.25) is 0 Å². The second-order valence-corrected chi connectivity index (χ2v) is 7.62. The first-order valence-corrected chi connectivity index (χ1v) is 10.1. The van der Waals surface area contributed by atoms with Crippen molar-refractivity contribution in [3.05, 3.63) is 53.1 Å². The van der Waals surface area contributed by atoms with Crippen LogP contribution in [-0.4, -0.2) is 23.7 Å². The maximum absolute atomic E-state index is 12.5. The van der Waals surface area contributed by atoms with Gasteiger partial charge in [0.15, 0.2) is 11.9 Å². The molecule has 2 aromatic carbocycles. The lowest BCUT2D eigenvalue weighted by molar-refractivity contribution is -0.122. The van der Waals surface area contributed by atoms with Crippen LogP contribution in [-0.2, 0) is 22.4 Å². The molecule has 6 heteroatoms. The number of ether oxygens (including phenoxy) is 1. The lowest BCUT2D eigenvalue weighted by Gasteiger charge is -2.23. The Kier molecular flexibility index (Phi) is 5.34. The van der Waals surface area contributed by atoms with E-state index >= 15 is 0 Å². The van der Waals surface area contributed by atoms with E-state index in [1.807, 2.05) is 18.2 Å². The van der Waals surface area contributed by atoms with Crippen LogP contribution in [0.1, 0.15) is 54.1 Å². The topological polar surface area (TPSA) is 84.5 Å². The molecular weight excluding hydrogens is 368 g/mol. The molecule has 0 saturated heterocycles. The Morgan fingerprint density at radius 2 is 1.86 bits per heavy atom. The van der Waals surface area contributed by atoms with Crippen LogP contribution in [0, 0.1) is 0 Å². The van der Waals surface area contributed by atoms with Gasteiger partial charge in [0.2, 0.25) is 5.91 Å². The van der Waals surface area contributed by atoms with Gasteiger partial charge in [-0.05, 0) is 68.0 Å². The van der Waals surface area contributed by atoms with Gasteiger partial charge in [0.05, 0.1) is 5.69 Å². The van der Waals surface area contributed by atoms with Crippen molar-refractivity contribution < 1.29 is 19.1 Å². The monoisotopic (exact) mass is 392 g/mol. The predicted octanol–water partition coefficient (Wildman–Crippen LogP) is 3.89. The molecule has 0 aromatic heterocycles. The maximum atomic E-state index is 12.5. The van der Waals surface area contributed by atoms with Crippen LogP contribution < -0.4 is 15.4 Å². The molecule has 2 aromatic rings. The molecule has 150 valence electrons. The molecule has 4 rings (SSSR count). The van der Waals surface area contributed by atoms with Crippen LogP contribution in [0.5, 0.6) is 5.75 Å². The van der Waals surface area contributed by atoms with E-state index in [0.29, 0.717) is 22.7 Å². The van der Waals surface area contributed by atoms with E-state index in [4.69, 9.17) is 4.74 Å². The molecule has 29 heavy (non-hydrogen) atoms. The number of anilines is 2. The summed E-state index contributed by atoms with van der Waals surface area (Å²) in [6, 6.07) is 11.0. The Bertz CT molecular complexity index is 983. The lowest BCUT2D eigenvalue weighted by Crippen LogP contribution is -2.34. The van der Waals surface area contributed by atoms with Gasteiger partial charge >= 0.3 is 0 Å². The fourth-order valence-electron chi connectivity index (χ4n) is 3.79. The van der Waals surface area contributed by atoms with Crippen LogP contribution in [0.15, 0.2) is 36.4 Å². The summed E-state index contributed by atoms with van der Waals surface area (Å²) in [7, 11) is 0. The molecule has 1 aliphatic heterocycles. The van der Waals surface area contributed by atoms with Crippen molar-refractivity contribution in [1.82, 2.24) is 0 Å². The number of fused-ring (bicyclic) bond motifs is 2. The van der Waals surface area contributed by atoms with E-state index in [9.17, 15) is 14.4 Å². The Hall–Kier alpha value is -3.15. The molecule has 1 aliphatic carbocycles. The molecule has 6 nitrogen and oxygen atoms in total. The summed E-state index contributed by atoms with van der Waals surface area (Å²) in [5, 5.41) is 5.53. The number of rotatable bonds is 5. The number of hydrogen-bond acceptors (Lipinski definition) is 4. The molecule has 0 saturated carbocycles. The third-order valence-electron chi connectivity index (χ3n) is 5.44. The number of carbonyl (C=O) groups is 3. The smallest absolute Gasteiger partial charge is 0.265 e. The van der Waals surface area contributed by atoms with E-state index in [-0.39, 0.29) is 30.4 Å². The number of nitrogens with one attached hydrogen (secondary N) is 2. The quantitative estimate of drug-likeness (QED) is 0.756. The highest BCUT2D eigenvalue weighted by atomic mass is 16.5. The van der Waals surface area contributed by atoms with Crippen LogP contribution in [0.4, 0.5) is 11.4 Å². The van der Waals surface area contributed by atoms with E-state index in [1.165, 1.54) is 17.5 Å². The molecule has 1 heterocycles. The zero-order valence-corrected chi connectivity index (χ0v) is 16.4. The molecule has 2 aliphatic rings. The van der Waals surface area contributed by atoms with Crippen molar-refractivity contribution in [2.75, 3.05) is 10.6 Å². The highest BCUT2D eigenvalue weighted by Crippen LogP contribution is 2.32. The van der Waals surface area contributed by atoms with Crippen molar-refractivity contribution in [2.45, 2.75) is 51.6 Å². The van der Waals surface area contributed by atoms with Gasteiger partial charge in [-0.25, -0.2) is 0 Å². The van der Waals surface area contributed by atoms with E-state index in [1.54, 1.807) is 25.1 Å². The van der Waals surface area contributed by atoms with Crippen LogP contribution >= 0.6 is 0 Å². The third kappa shape index (κ3) is 4.31. The molecule has 2 N–H and O–H groups in total. The first kappa shape index (κ1) is 19.2. The number of ketones is 1. The minimum absolute atomic E-state index is 0.0198. The van der Waals surface area contributed by atoms with E-state index in [2.05, 4.69) is 10.6 Å². The molecule has 1 atom stereocenters. The van der Waals surface area contributed by atoms with Gasteiger partial charge in [-0.2, -0.15) is 0 Å². The highest BCUT2D eigenvalue weighted by molar-refractivity contribution is 6.01. The van der Waals surface area contributed by atoms with Crippen molar-refractivity contribution in [1.29, 1.82) is 0 Å². The first-order valence-electron chi connectivity index (χ1n) is 10.1. The van der Waals surface area contributed by atoms with E-state index in [0.717, 1.165) is 19.3 Å². The summed E-state index contributed by atoms with van der Waals surface area (Å²) in [5.41, 5.74) is 4.35. The fourth-order valence-corrected chi connectivity index (χ4v) is 3.79. The van der Waals surface area contributed by atoms with Gasteiger partial charge in [0.1, 0.15) is 5.75 Å². The highest BCUT2D eigenvalue weighted by Gasteiger charge is 2.23. The van der Waals surface area contributed by atoms with Gasteiger partial charge in [-0.1, -0.05) is 12.1 Å². The number of hydrogen-bond donors (Lipinski definition) is 2. The van der Waals surface area contributed by atoms with Gasteiger partial charge in [-0.3, -0.25) is 14.4 Å². The van der Waals surface area contributed by atoms with Crippen LogP contribution in [0.25, 0.3) is 0 Å². The van der Waals surface area contributed by atoms with Crippen molar-refractivity contribution in [2.24, 2.45) is 0 Å². The Labute approximate surface area is 169 Å². The minimum Gasteiger partial charge on any atom is -0.479 e. The second-order valence-electron chi connectivity index (χ2n) is 7.62. The molecule has 0 fully saturated rings. The Morgan fingerprint density at radius 1 is 1.07 bits per heavy atom. The fraction of sp³-hybridized carbons (Fsp3) is 0.348. The normalized spacial score (nSPS) is 17.4. The maximum Gasteiger partial charge on any atom is 0.265 e. The largest absolute Gasteiger partial charge is 0.479 e. The number of aryl methyl sites for hydroxylation is 2. The second kappa shape index (κ2) is 8.07. The molecule has 0 unspecified atom stereocenters. The Balaban J connectivity index is 1.34. The Morgan fingerprint density at radius 3 is 2.69 bits per heavy atom. The molecule has 2 amide bonds. The summed E-state index contributed by atoms with van der Waals surface area (Å²) in [6.07, 6.45) is 4.19. The van der Waals surface area contributed by atoms with E-state index < -0.39 is 6.10 Å². The first-order chi connectivity index (χ1) is 14.0. The summed E-state index contributed by atoms with van der Waals surface area (Å²) in [5.74, 6) is 0.0793. The molecule has 0 bridgehead atoms. The minimum atomic E-state index is -0.544. The number of benzene rings is 2. The van der Waals surface area contributed by atoms with Gasteiger partial charge in [0.25, 0.3) is 5.91 Å². The molecule has 0 radical (unpaired) electrons. The van der Waals surface area contributed by atoms with Gasteiger partial charge < -0.3 is 15.4 Å².